The summed E-state index contributed by atoms with van der Waals surface area (Å²) in [7, 11) is 0. The van der Waals surface area contributed by atoms with Gasteiger partial charge in [0.2, 0.25) is 0 Å². The lowest BCUT2D eigenvalue weighted by Crippen LogP contribution is -2.02. The summed E-state index contributed by atoms with van der Waals surface area (Å²) >= 11 is 0. The van der Waals surface area contributed by atoms with E-state index in [2.05, 4.69) is 190 Å². The van der Waals surface area contributed by atoms with Crippen molar-refractivity contribution in [3.05, 3.63) is 200 Å². The van der Waals surface area contributed by atoms with E-state index in [1.165, 1.54) is 49.0 Å². The molecule has 0 aliphatic rings. The fourth-order valence-corrected chi connectivity index (χ4v) is 8.95. The third kappa shape index (κ3) is 4.82. The topological polar surface area (TPSA) is 40.6 Å². The number of para-hydroxylation sites is 4. The number of nitrogens with zero attached hydrogens (tertiary/aromatic N) is 5. The van der Waals surface area contributed by atoms with Crippen LogP contribution in [-0.2, 0) is 0 Å². The second-order valence-electron chi connectivity index (χ2n) is 14.6. The zero-order chi connectivity index (χ0) is 37.5. The van der Waals surface area contributed by atoms with E-state index in [4.69, 9.17) is 9.97 Å². The predicted molar refractivity (Wildman–Crippen MR) is 236 cm³/mol. The van der Waals surface area contributed by atoms with Crippen LogP contribution in [0.25, 0.3) is 105 Å². The molecule has 12 aromatic rings. The van der Waals surface area contributed by atoms with Crippen LogP contribution in [0, 0.1) is 0 Å². The molecule has 0 N–H and O–H groups in total. The average molecular weight is 728 g/mol. The lowest BCUT2D eigenvalue weighted by molar-refractivity contribution is 1.05. The fraction of sp³-hybridized carbons (Fsp3) is 0. The number of fused-ring (bicyclic) bond motifs is 9. The first-order valence-electron chi connectivity index (χ1n) is 19.3. The molecule has 0 fully saturated rings. The van der Waals surface area contributed by atoms with Crippen molar-refractivity contribution in [2.24, 2.45) is 0 Å². The summed E-state index contributed by atoms with van der Waals surface area (Å²) in [5.41, 5.74) is 12.1. The maximum atomic E-state index is 5.24. The van der Waals surface area contributed by atoms with E-state index in [1.807, 2.05) is 24.3 Å². The Morgan fingerprint density at radius 2 is 0.667 bits per heavy atom. The van der Waals surface area contributed by atoms with Crippen LogP contribution in [0.15, 0.2) is 200 Å². The van der Waals surface area contributed by atoms with Crippen molar-refractivity contribution in [2.45, 2.75) is 0 Å². The van der Waals surface area contributed by atoms with Gasteiger partial charge in [-0.25, -0.2) is 9.97 Å². The molecule has 0 saturated heterocycles. The summed E-state index contributed by atoms with van der Waals surface area (Å²) in [6.45, 7) is 0. The second-order valence-corrected chi connectivity index (χ2v) is 14.6. The van der Waals surface area contributed by atoms with Crippen LogP contribution in [0.4, 0.5) is 0 Å². The minimum Gasteiger partial charge on any atom is -0.309 e. The largest absolute Gasteiger partial charge is 0.309 e. The molecule has 12 rings (SSSR count). The quantitative estimate of drug-likeness (QED) is 0.177. The molecule has 8 aromatic carbocycles. The van der Waals surface area contributed by atoms with Crippen molar-refractivity contribution in [1.82, 2.24) is 23.7 Å². The summed E-state index contributed by atoms with van der Waals surface area (Å²) in [4.78, 5) is 10.3. The molecule has 266 valence electrons. The van der Waals surface area contributed by atoms with E-state index >= 15 is 0 Å². The Kier molecular flexibility index (Phi) is 6.86. The number of hydrogen-bond acceptors (Lipinski definition) is 2. The Labute approximate surface area is 328 Å². The average Bonchev–Trinajstić information content (AvgIpc) is 3.92. The van der Waals surface area contributed by atoms with Crippen molar-refractivity contribution >= 4 is 65.4 Å². The first-order chi connectivity index (χ1) is 28.3. The van der Waals surface area contributed by atoms with Crippen molar-refractivity contribution in [3.8, 4) is 39.8 Å². The highest BCUT2D eigenvalue weighted by atomic mass is 15.1. The normalized spacial score (nSPS) is 11.9. The van der Waals surface area contributed by atoms with Crippen LogP contribution >= 0.6 is 0 Å². The van der Waals surface area contributed by atoms with E-state index in [9.17, 15) is 0 Å². The SMILES string of the molecule is c1ccc(-c2cc(-n3c4ccccc4c4cc(-n5c6ccccc6c6cc(-n7c8ccccc8c8ccccc87)ccc65)ccc43)nc(-c3ccccc3)n2)cc1. The van der Waals surface area contributed by atoms with Gasteiger partial charge in [0.1, 0.15) is 5.82 Å². The van der Waals surface area contributed by atoms with Gasteiger partial charge in [-0.2, -0.15) is 0 Å². The van der Waals surface area contributed by atoms with Gasteiger partial charge in [-0.3, -0.25) is 4.57 Å². The van der Waals surface area contributed by atoms with Crippen LogP contribution < -0.4 is 0 Å². The maximum absolute atomic E-state index is 5.24. The van der Waals surface area contributed by atoms with Gasteiger partial charge in [-0.05, 0) is 60.7 Å². The highest BCUT2D eigenvalue weighted by Gasteiger charge is 2.20. The Hall–Kier alpha value is -7.76. The molecule has 57 heavy (non-hydrogen) atoms. The van der Waals surface area contributed by atoms with E-state index in [-0.39, 0.29) is 0 Å². The van der Waals surface area contributed by atoms with Crippen molar-refractivity contribution < 1.29 is 0 Å². The van der Waals surface area contributed by atoms with Gasteiger partial charge >= 0.3 is 0 Å². The minimum absolute atomic E-state index is 0.695. The molecule has 0 aliphatic carbocycles. The Morgan fingerprint density at radius 3 is 1.18 bits per heavy atom. The molecule has 0 unspecified atom stereocenters. The van der Waals surface area contributed by atoms with Crippen molar-refractivity contribution in [1.29, 1.82) is 0 Å². The van der Waals surface area contributed by atoms with Crippen LogP contribution in [0.2, 0.25) is 0 Å². The Balaban J connectivity index is 1.07. The Bertz CT molecular complexity index is 3410. The number of hydrogen-bond donors (Lipinski definition) is 0. The molecule has 4 aromatic heterocycles. The highest BCUT2D eigenvalue weighted by Crippen LogP contribution is 2.39. The number of rotatable bonds is 5. The molecule has 0 bridgehead atoms. The highest BCUT2D eigenvalue weighted by molar-refractivity contribution is 6.14. The van der Waals surface area contributed by atoms with Gasteiger partial charge in [0, 0.05) is 60.9 Å². The lowest BCUT2D eigenvalue weighted by Gasteiger charge is -2.13. The third-order valence-corrected chi connectivity index (χ3v) is 11.5. The molecule has 0 spiro atoms. The standard InChI is InChI=1S/C52H33N5/c1-3-15-34(16-4-1)44-33-51(54-52(53-44)35-17-5-2-6-18-35)57-48-26-14-10-22-41(48)43-32-37(28-30-50(43)57)56-47-25-13-9-21-40(47)42-31-36(27-29-49(42)56)55-45-23-11-7-19-38(45)39-20-8-12-24-46(39)55/h1-33H. The first kappa shape index (κ1) is 31.6. The maximum Gasteiger partial charge on any atom is 0.162 e. The van der Waals surface area contributed by atoms with Gasteiger partial charge in [0.05, 0.1) is 38.8 Å². The minimum atomic E-state index is 0.695. The smallest absolute Gasteiger partial charge is 0.162 e. The molecular weight excluding hydrogens is 695 g/mol. The van der Waals surface area contributed by atoms with E-state index < -0.39 is 0 Å². The zero-order valence-corrected chi connectivity index (χ0v) is 30.8. The monoisotopic (exact) mass is 727 g/mol. The summed E-state index contributed by atoms with van der Waals surface area (Å²) in [5.74, 6) is 1.52. The molecule has 0 atom stereocenters. The summed E-state index contributed by atoms with van der Waals surface area (Å²) < 4.78 is 7.10. The Morgan fingerprint density at radius 1 is 0.281 bits per heavy atom. The molecule has 5 heteroatoms. The van der Waals surface area contributed by atoms with E-state index in [0.717, 1.165) is 50.4 Å². The second kappa shape index (κ2) is 12.4. The predicted octanol–water partition coefficient (Wildman–Crippen LogP) is 13.1. The van der Waals surface area contributed by atoms with Gasteiger partial charge in [0.25, 0.3) is 0 Å². The van der Waals surface area contributed by atoms with Gasteiger partial charge in [-0.1, -0.05) is 133 Å². The van der Waals surface area contributed by atoms with Crippen molar-refractivity contribution in [2.75, 3.05) is 0 Å². The van der Waals surface area contributed by atoms with Gasteiger partial charge in [0.15, 0.2) is 5.82 Å². The molecular formula is C52H33N5. The van der Waals surface area contributed by atoms with Crippen molar-refractivity contribution in [3.63, 3.8) is 0 Å². The lowest BCUT2D eigenvalue weighted by atomic mass is 10.1. The molecule has 5 nitrogen and oxygen atoms in total. The summed E-state index contributed by atoms with van der Waals surface area (Å²) in [6.07, 6.45) is 0. The molecule has 4 heterocycles. The van der Waals surface area contributed by atoms with Crippen LogP contribution in [0.5, 0.6) is 0 Å². The first-order valence-corrected chi connectivity index (χ1v) is 19.3. The van der Waals surface area contributed by atoms with E-state index in [0.29, 0.717) is 5.82 Å². The number of aromatic nitrogens is 5. The van der Waals surface area contributed by atoms with Crippen LogP contribution in [-0.4, -0.2) is 23.7 Å². The summed E-state index contributed by atoms with van der Waals surface area (Å²) in [5, 5.41) is 7.30. The van der Waals surface area contributed by atoms with Crippen LogP contribution in [0.1, 0.15) is 0 Å². The molecule has 0 aliphatic heterocycles. The van der Waals surface area contributed by atoms with Gasteiger partial charge < -0.3 is 9.13 Å². The summed E-state index contributed by atoms with van der Waals surface area (Å²) in [6, 6.07) is 71.3. The zero-order valence-electron chi connectivity index (χ0n) is 30.8. The van der Waals surface area contributed by atoms with Gasteiger partial charge in [-0.15, -0.1) is 0 Å². The van der Waals surface area contributed by atoms with Crippen LogP contribution in [0.3, 0.4) is 0 Å². The van der Waals surface area contributed by atoms with E-state index in [1.54, 1.807) is 0 Å². The third-order valence-electron chi connectivity index (χ3n) is 11.5. The molecule has 0 saturated carbocycles. The molecule has 0 amide bonds. The molecule has 0 radical (unpaired) electrons. The number of benzene rings is 8. The fourth-order valence-electron chi connectivity index (χ4n) is 8.95.